The van der Waals surface area contributed by atoms with Gasteiger partial charge in [0.1, 0.15) is 11.3 Å². The Labute approximate surface area is 238 Å². The molecule has 4 heterocycles. The molecule has 0 unspecified atom stereocenters. The molecule has 41 heavy (non-hydrogen) atoms. The van der Waals surface area contributed by atoms with Crippen molar-refractivity contribution in [3.05, 3.63) is 42.0 Å². The number of nitrogens with two attached hydrogens (primary N) is 2. The highest BCUT2D eigenvalue weighted by Crippen LogP contribution is 2.50. The lowest BCUT2D eigenvalue weighted by Gasteiger charge is -2.31. The standard InChI is InChI=1S/C30H36N8O3/c1-17-16-38(24-15-30(17,24)32)28(39)19-12-20-26(23(14-19)41-3)35(2)27(34-20)22-13-18-6-4-7-21-25(18)37(22)11-10-36(21)9-5-8-33-29(31)40/h4,6-7,12-14,17,24H,5,8-11,15-16,32H2,1-3H3,(H3,31,33,40)/t17-,24-,30-/m1/s1. The van der Waals surface area contributed by atoms with Crippen molar-refractivity contribution < 1.29 is 14.3 Å². The molecule has 2 aliphatic heterocycles. The third-order valence-electron chi connectivity index (χ3n) is 9.40. The molecule has 214 valence electrons. The number of piperidine rings is 1. The number of aryl methyl sites for hydroxylation is 1. The summed E-state index contributed by atoms with van der Waals surface area (Å²) in [5, 5.41) is 3.82. The number of carbonyl (C=O) groups excluding carboxylic acids is 2. The molecule has 0 bridgehead atoms. The molecule has 11 heteroatoms. The van der Waals surface area contributed by atoms with Crippen LogP contribution in [-0.4, -0.2) is 75.8 Å². The van der Waals surface area contributed by atoms with Gasteiger partial charge in [0, 0.05) is 56.3 Å². The molecule has 3 atom stereocenters. The van der Waals surface area contributed by atoms with Crippen LogP contribution in [-0.2, 0) is 13.6 Å². The summed E-state index contributed by atoms with van der Waals surface area (Å²) in [5.41, 5.74) is 17.0. The highest BCUT2D eigenvalue weighted by atomic mass is 16.5. The quantitative estimate of drug-likeness (QED) is 0.300. The predicted octanol–water partition coefficient (Wildman–Crippen LogP) is 2.64. The van der Waals surface area contributed by atoms with E-state index in [1.807, 2.05) is 24.1 Å². The fourth-order valence-electron chi connectivity index (χ4n) is 7.04. The van der Waals surface area contributed by atoms with Crippen LogP contribution in [0.25, 0.3) is 33.5 Å². The molecular formula is C30H36N8O3. The molecule has 3 aliphatic rings. The van der Waals surface area contributed by atoms with Gasteiger partial charge in [0.25, 0.3) is 5.91 Å². The first-order chi connectivity index (χ1) is 19.7. The summed E-state index contributed by atoms with van der Waals surface area (Å²) in [5.74, 6) is 1.72. The number of rotatable bonds is 7. The van der Waals surface area contributed by atoms with Gasteiger partial charge in [-0.25, -0.2) is 9.78 Å². The number of carbonyl (C=O) groups is 2. The second-order valence-electron chi connectivity index (χ2n) is 11.8. The maximum absolute atomic E-state index is 13.6. The third-order valence-corrected chi connectivity index (χ3v) is 9.40. The Morgan fingerprint density at radius 1 is 1.20 bits per heavy atom. The number of hydrogen-bond acceptors (Lipinski definition) is 6. The van der Waals surface area contributed by atoms with Crippen molar-refractivity contribution in [3.8, 4) is 17.3 Å². The van der Waals surface area contributed by atoms with E-state index in [2.05, 4.69) is 50.5 Å². The van der Waals surface area contributed by atoms with Gasteiger partial charge in [-0.3, -0.25) is 4.79 Å². The molecule has 7 rings (SSSR count). The topological polar surface area (TPSA) is 137 Å². The number of methoxy groups -OCH3 is 1. The van der Waals surface area contributed by atoms with Crippen LogP contribution in [0.2, 0.25) is 0 Å². The molecule has 0 spiro atoms. The SMILES string of the molecule is COc1cc(C(=O)N2C[C@@H](C)[C@]3(N)C[C@@H]23)cc2nc(-c3cc4cccc5c4n3CCN5CCCNC(N)=O)n(C)c12. The van der Waals surface area contributed by atoms with E-state index in [0.717, 1.165) is 60.4 Å². The number of benzene rings is 2. The average molecular weight is 557 g/mol. The van der Waals surface area contributed by atoms with E-state index >= 15 is 0 Å². The number of anilines is 1. The third kappa shape index (κ3) is 3.86. The molecule has 0 radical (unpaired) electrons. The van der Waals surface area contributed by atoms with Gasteiger partial charge in [-0.15, -0.1) is 0 Å². The Morgan fingerprint density at radius 3 is 2.73 bits per heavy atom. The van der Waals surface area contributed by atoms with Gasteiger partial charge in [-0.1, -0.05) is 19.1 Å². The van der Waals surface area contributed by atoms with E-state index in [4.69, 9.17) is 21.2 Å². The average Bonchev–Trinajstić information content (AvgIpc) is 3.21. The van der Waals surface area contributed by atoms with E-state index < -0.39 is 6.03 Å². The van der Waals surface area contributed by atoms with Crippen LogP contribution in [0, 0.1) is 5.92 Å². The van der Waals surface area contributed by atoms with Crippen molar-refractivity contribution in [1.29, 1.82) is 0 Å². The van der Waals surface area contributed by atoms with Gasteiger partial charge in [0.2, 0.25) is 0 Å². The molecule has 3 amide bonds. The van der Waals surface area contributed by atoms with Crippen LogP contribution in [0.4, 0.5) is 10.5 Å². The molecule has 2 aromatic heterocycles. The zero-order chi connectivity index (χ0) is 28.6. The number of urea groups is 1. The van der Waals surface area contributed by atoms with Crippen molar-refractivity contribution in [2.45, 2.75) is 37.9 Å². The number of imidazole rings is 1. The Hall–Kier alpha value is -4.25. The maximum Gasteiger partial charge on any atom is 0.312 e. The molecular weight excluding hydrogens is 520 g/mol. The lowest BCUT2D eigenvalue weighted by atomic mass is 10.0. The molecule has 1 saturated carbocycles. The minimum atomic E-state index is -0.494. The fraction of sp³-hybridized carbons (Fsp3) is 0.433. The summed E-state index contributed by atoms with van der Waals surface area (Å²) in [6.45, 7) is 5.82. The summed E-state index contributed by atoms with van der Waals surface area (Å²) in [6.07, 6.45) is 1.67. The van der Waals surface area contributed by atoms with Crippen molar-refractivity contribution in [2.24, 2.45) is 24.4 Å². The van der Waals surface area contributed by atoms with E-state index in [1.165, 1.54) is 11.2 Å². The van der Waals surface area contributed by atoms with Crippen LogP contribution >= 0.6 is 0 Å². The first-order valence-corrected chi connectivity index (χ1v) is 14.3. The van der Waals surface area contributed by atoms with Gasteiger partial charge in [-0.05, 0) is 43.0 Å². The summed E-state index contributed by atoms with van der Waals surface area (Å²) in [6, 6.07) is 11.9. The Balaban J connectivity index is 1.25. The maximum atomic E-state index is 13.6. The van der Waals surface area contributed by atoms with E-state index in [1.54, 1.807) is 7.11 Å². The van der Waals surface area contributed by atoms with Crippen LogP contribution in [0.1, 0.15) is 30.1 Å². The minimum absolute atomic E-state index is 0.0154. The molecule has 1 saturated heterocycles. The van der Waals surface area contributed by atoms with Gasteiger partial charge in [0.15, 0.2) is 5.82 Å². The number of fused-ring (bicyclic) bond motifs is 2. The molecule has 11 nitrogen and oxygen atoms in total. The number of aromatic nitrogens is 3. The van der Waals surface area contributed by atoms with Gasteiger partial charge < -0.3 is 40.5 Å². The van der Waals surface area contributed by atoms with Crippen LogP contribution < -0.4 is 26.4 Å². The summed E-state index contributed by atoms with van der Waals surface area (Å²) in [7, 11) is 3.63. The van der Waals surface area contributed by atoms with Gasteiger partial charge in [-0.2, -0.15) is 0 Å². The molecule has 2 fully saturated rings. The number of primary amides is 1. The number of likely N-dealkylation sites (tertiary alicyclic amines) is 1. The Kier molecular flexibility index (Phi) is 5.73. The smallest absolute Gasteiger partial charge is 0.312 e. The van der Waals surface area contributed by atoms with Crippen molar-refractivity contribution in [3.63, 3.8) is 0 Å². The first-order valence-electron chi connectivity index (χ1n) is 14.3. The Morgan fingerprint density at radius 2 is 2.02 bits per heavy atom. The number of nitrogens with zero attached hydrogens (tertiary/aromatic N) is 5. The minimum Gasteiger partial charge on any atom is -0.494 e. The lowest BCUT2D eigenvalue weighted by Crippen LogP contribution is -2.36. The number of hydrogen-bond donors (Lipinski definition) is 3. The molecule has 2 aromatic carbocycles. The largest absolute Gasteiger partial charge is 0.494 e. The van der Waals surface area contributed by atoms with Crippen LogP contribution in [0.15, 0.2) is 36.4 Å². The number of amides is 3. The van der Waals surface area contributed by atoms with Crippen molar-refractivity contribution in [1.82, 2.24) is 24.3 Å². The predicted molar refractivity (Wildman–Crippen MR) is 158 cm³/mol. The van der Waals surface area contributed by atoms with Gasteiger partial charge >= 0.3 is 6.03 Å². The lowest BCUT2D eigenvalue weighted by molar-refractivity contribution is 0.0760. The number of ether oxygens (including phenoxy) is 1. The zero-order valence-electron chi connectivity index (χ0n) is 23.7. The summed E-state index contributed by atoms with van der Waals surface area (Å²) >= 11 is 0. The Bertz CT molecular complexity index is 1720. The van der Waals surface area contributed by atoms with E-state index in [9.17, 15) is 9.59 Å². The second-order valence-corrected chi connectivity index (χ2v) is 11.8. The molecule has 1 aliphatic carbocycles. The summed E-state index contributed by atoms with van der Waals surface area (Å²) < 4.78 is 10.2. The fourth-order valence-corrected chi connectivity index (χ4v) is 7.04. The first kappa shape index (κ1) is 25.7. The normalized spacial score (nSPS) is 22.8. The van der Waals surface area contributed by atoms with Gasteiger partial charge in [0.05, 0.1) is 35.6 Å². The second kappa shape index (κ2) is 9.13. The van der Waals surface area contributed by atoms with Crippen molar-refractivity contribution >= 4 is 39.6 Å². The van der Waals surface area contributed by atoms with Crippen LogP contribution in [0.3, 0.4) is 0 Å². The number of nitrogens with one attached hydrogen (secondary N) is 1. The highest BCUT2D eigenvalue weighted by molar-refractivity contribution is 6.01. The summed E-state index contributed by atoms with van der Waals surface area (Å²) in [4.78, 5) is 34.0. The molecule has 4 aromatic rings. The highest BCUT2D eigenvalue weighted by Gasteiger charge is 2.64. The number of para-hydroxylation sites is 1. The van der Waals surface area contributed by atoms with E-state index in [0.29, 0.717) is 24.4 Å². The monoisotopic (exact) mass is 556 g/mol. The van der Waals surface area contributed by atoms with E-state index in [-0.39, 0.29) is 23.4 Å². The molecule has 5 N–H and O–H groups in total. The zero-order valence-corrected chi connectivity index (χ0v) is 23.7. The van der Waals surface area contributed by atoms with Crippen molar-refractivity contribution in [2.75, 3.05) is 38.2 Å². The van der Waals surface area contributed by atoms with Crippen LogP contribution in [0.5, 0.6) is 5.75 Å².